The molecular weight excluding hydrogens is 166 g/mol. The molecule has 1 radical (unpaired) electrons. The molecule has 0 unspecified atom stereocenters. The molecule has 0 spiro atoms. The van der Waals surface area contributed by atoms with Gasteiger partial charge in [-0.15, -0.1) is 0 Å². The number of aromatic nitrogens is 3. The summed E-state index contributed by atoms with van der Waals surface area (Å²) in [6, 6.07) is 5.36. The normalized spacial score (nSPS) is 9.92. The zero-order valence-electron chi connectivity index (χ0n) is 7.14. The second-order valence-corrected chi connectivity index (χ2v) is 2.40. The zero-order chi connectivity index (χ0) is 9.10. The van der Waals surface area contributed by atoms with E-state index in [0.717, 1.165) is 0 Å². The van der Waals surface area contributed by atoms with E-state index in [0.29, 0.717) is 11.6 Å². The molecule has 4 nitrogen and oxygen atoms in total. The maximum Gasteiger partial charge on any atom is 0.196 e. The molecule has 2 aromatic heterocycles. The summed E-state index contributed by atoms with van der Waals surface area (Å²) >= 11 is 0. The van der Waals surface area contributed by atoms with E-state index < -0.39 is 0 Å². The molecule has 4 heteroatoms. The molecule has 0 saturated carbocycles. The smallest absolute Gasteiger partial charge is 0.196 e. The van der Waals surface area contributed by atoms with E-state index in [1.54, 1.807) is 30.3 Å². The van der Waals surface area contributed by atoms with Crippen LogP contribution >= 0.6 is 0 Å². The lowest BCUT2D eigenvalue weighted by Gasteiger charge is -2.05. The van der Waals surface area contributed by atoms with Gasteiger partial charge in [-0.3, -0.25) is 0 Å². The first-order valence-corrected chi connectivity index (χ1v) is 3.83. The molecule has 0 aliphatic rings. The van der Waals surface area contributed by atoms with Crippen LogP contribution in [0.25, 0.3) is 5.82 Å². The highest BCUT2D eigenvalue weighted by atomic mass is 16.5. The van der Waals surface area contributed by atoms with Gasteiger partial charge in [0.15, 0.2) is 11.6 Å². The largest absolute Gasteiger partial charge is 0.493 e. The molecule has 0 fully saturated rings. The monoisotopic (exact) mass is 174 g/mol. The number of rotatable bonds is 2. The van der Waals surface area contributed by atoms with E-state index in [4.69, 9.17) is 4.74 Å². The van der Waals surface area contributed by atoms with Crippen molar-refractivity contribution in [2.45, 2.75) is 0 Å². The summed E-state index contributed by atoms with van der Waals surface area (Å²) in [5.41, 5.74) is 0. The van der Waals surface area contributed by atoms with Gasteiger partial charge in [0, 0.05) is 6.20 Å². The van der Waals surface area contributed by atoms with Gasteiger partial charge in [0.25, 0.3) is 0 Å². The van der Waals surface area contributed by atoms with E-state index in [-0.39, 0.29) is 0 Å². The van der Waals surface area contributed by atoms with Crippen LogP contribution < -0.4 is 4.74 Å². The summed E-state index contributed by atoms with van der Waals surface area (Å²) in [5.74, 6) is 1.33. The average Bonchev–Trinajstić information content (AvgIpc) is 2.70. The van der Waals surface area contributed by atoms with Crippen molar-refractivity contribution in [1.29, 1.82) is 0 Å². The summed E-state index contributed by atoms with van der Waals surface area (Å²) < 4.78 is 6.67. The second-order valence-electron chi connectivity index (χ2n) is 2.40. The Balaban J connectivity index is 2.51. The molecule has 0 aromatic carbocycles. The SMILES string of the molecule is COc1cccnc1-n1[c]ccn1. The standard InChI is InChI=1S/C9H8N3O/c1-13-8-4-2-5-10-9(8)12-7-3-6-11-12/h2-6H,1H3. The highest BCUT2D eigenvalue weighted by Gasteiger charge is 2.04. The Hall–Kier alpha value is -1.84. The van der Waals surface area contributed by atoms with Crippen LogP contribution in [-0.2, 0) is 0 Å². The van der Waals surface area contributed by atoms with Crippen LogP contribution in [0.4, 0.5) is 0 Å². The van der Waals surface area contributed by atoms with E-state index in [2.05, 4.69) is 16.3 Å². The molecule has 0 saturated heterocycles. The predicted octanol–water partition coefficient (Wildman–Crippen LogP) is 1.08. The molecule has 0 amide bonds. The van der Waals surface area contributed by atoms with Crippen molar-refractivity contribution in [3.8, 4) is 11.6 Å². The number of ether oxygens (including phenoxy) is 1. The van der Waals surface area contributed by atoms with E-state index in [1.807, 2.05) is 12.1 Å². The maximum atomic E-state index is 5.13. The van der Waals surface area contributed by atoms with Gasteiger partial charge in [-0.1, -0.05) is 0 Å². The van der Waals surface area contributed by atoms with Crippen LogP contribution in [0, 0.1) is 6.20 Å². The van der Waals surface area contributed by atoms with E-state index >= 15 is 0 Å². The van der Waals surface area contributed by atoms with Gasteiger partial charge < -0.3 is 4.74 Å². The third-order valence-electron chi connectivity index (χ3n) is 1.62. The fourth-order valence-corrected chi connectivity index (χ4v) is 1.05. The van der Waals surface area contributed by atoms with Gasteiger partial charge in [-0.2, -0.15) is 5.10 Å². The van der Waals surface area contributed by atoms with Gasteiger partial charge in [0.2, 0.25) is 0 Å². The minimum absolute atomic E-state index is 0.648. The van der Waals surface area contributed by atoms with Gasteiger partial charge in [0.05, 0.1) is 19.5 Å². The summed E-state index contributed by atoms with van der Waals surface area (Å²) in [6.45, 7) is 0. The first-order valence-electron chi connectivity index (χ1n) is 3.83. The van der Waals surface area contributed by atoms with Crippen molar-refractivity contribution in [2.75, 3.05) is 7.11 Å². The number of methoxy groups -OCH3 is 1. The lowest BCUT2D eigenvalue weighted by atomic mass is 10.4. The molecule has 13 heavy (non-hydrogen) atoms. The van der Waals surface area contributed by atoms with Crippen molar-refractivity contribution in [3.05, 3.63) is 36.8 Å². The first kappa shape index (κ1) is 7.79. The Morgan fingerprint density at radius 3 is 3.08 bits per heavy atom. The fourth-order valence-electron chi connectivity index (χ4n) is 1.05. The molecule has 0 aliphatic heterocycles. The minimum Gasteiger partial charge on any atom is -0.493 e. The van der Waals surface area contributed by atoms with Crippen LogP contribution in [0.15, 0.2) is 30.6 Å². The Morgan fingerprint density at radius 2 is 2.38 bits per heavy atom. The van der Waals surface area contributed by atoms with Crippen molar-refractivity contribution >= 4 is 0 Å². The maximum absolute atomic E-state index is 5.13. The Kier molecular flexibility index (Phi) is 1.96. The lowest BCUT2D eigenvalue weighted by molar-refractivity contribution is 0.409. The molecule has 2 aromatic rings. The lowest BCUT2D eigenvalue weighted by Crippen LogP contribution is -2.00. The summed E-state index contributed by atoms with van der Waals surface area (Å²) in [6.07, 6.45) is 6.23. The van der Waals surface area contributed by atoms with Gasteiger partial charge in [-0.05, 0) is 18.2 Å². The first-order chi connectivity index (χ1) is 6.42. The number of hydrogen-bond donors (Lipinski definition) is 0. The minimum atomic E-state index is 0.648. The highest BCUT2D eigenvalue weighted by molar-refractivity contribution is 5.38. The fraction of sp³-hybridized carbons (Fsp3) is 0.111. The Morgan fingerprint density at radius 1 is 1.46 bits per heavy atom. The zero-order valence-corrected chi connectivity index (χ0v) is 7.14. The molecule has 65 valence electrons. The molecule has 2 rings (SSSR count). The molecule has 2 heterocycles. The molecule has 0 atom stereocenters. The van der Waals surface area contributed by atoms with Crippen molar-refractivity contribution in [2.24, 2.45) is 0 Å². The second kappa shape index (κ2) is 3.26. The quantitative estimate of drug-likeness (QED) is 0.683. The predicted molar refractivity (Wildman–Crippen MR) is 46.7 cm³/mol. The molecular formula is C9H8N3O. The van der Waals surface area contributed by atoms with Crippen molar-refractivity contribution in [1.82, 2.24) is 14.8 Å². The van der Waals surface area contributed by atoms with Crippen molar-refractivity contribution in [3.63, 3.8) is 0 Å². The molecule has 0 aliphatic carbocycles. The van der Waals surface area contributed by atoms with E-state index in [1.165, 1.54) is 0 Å². The summed E-state index contributed by atoms with van der Waals surface area (Å²) in [4.78, 5) is 4.14. The summed E-state index contributed by atoms with van der Waals surface area (Å²) in [5, 5.41) is 4.01. The third kappa shape index (κ3) is 1.38. The molecule has 0 N–H and O–H groups in total. The van der Waals surface area contributed by atoms with Gasteiger partial charge >= 0.3 is 0 Å². The van der Waals surface area contributed by atoms with E-state index in [9.17, 15) is 0 Å². The Labute approximate surface area is 75.8 Å². The number of nitrogens with zero attached hydrogens (tertiary/aromatic N) is 3. The van der Waals surface area contributed by atoms with Crippen LogP contribution in [-0.4, -0.2) is 21.9 Å². The average molecular weight is 174 g/mol. The van der Waals surface area contributed by atoms with Gasteiger partial charge in [-0.25, -0.2) is 9.67 Å². The topological polar surface area (TPSA) is 39.9 Å². The van der Waals surface area contributed by atoms with Crippen LogP contribution in [0.1, 0.15) is 0 Å². The van der Waals surface area contributed by atoms with Crippen LogP contribution in [0.5, 0.6) is 5.75 Å². The number of hydrogen-bond acceptors (Lipinski definition) is 3. The Bertz CT molecular complexity index is 384. The number of pyridine rings is 1. The highest BCUT2D eigenvalue weighted by Crippen LogP contribution is 2.17. The summed E-state index contributed by atoms with van der Waals surface area (Å²) in [7, 11) is 1.60. The third-order valence-corrected chi connectivity index (χ3v) is 1.62. The van der Waals surface area contributed by atoms with Gasteiger partial charge in [0.1, 0.15) is 0 Å². The van der Waals surface area contributed by atoms with Crippen molar-refractivity contribution < 1.29 is 4.74 Å². The molecule has 0 bridgehead atoms. The van der Waals surface area contributed by atoms with Crippen LogP contribution in [0.2, 0.25) is 0 Å². The van der Waals surface area contributed by atoms with Crippen LogP contribution in [0.3, 0.4) is 0 Å².